The molecular weight excluding hydrogens is 282 g/mol. The standard InChI is InChI=1S/C17H19NO2S/c1-12-5-7-16(8-6-12)21(19,20)18-11-17-14(3)9-13(2)10-15(17)4/h5-11H,1-4H3. The van der Waals surface area contributed by atoms with Crippen molar-refractivity contribution >= 4 is 16.2 Å². The topological polar surface area (TPSA) is 46.5 Å². The van der Waals surface area contributed by atoms with Gasteiger partial charge in [-0.3, -0.25) is 0 Å². The first kappa shape index (κ1) is 15.4. The number of benzene rings is 2. The second-order valence-electron chi connectivity index (χ2n) is 5.34. The molecular formula is C17H19NO2S. The van der Waals surface area contributed by atoms with E-state index in [0.717, 1.165) is 27.8 Å². The molecule has 0 saturated heterocycles. The highest BCUT2D eigenvalue weighted by Gasteiger charge is 2.11. The molecule has 0 heterocycles. The Bertz CT molecular complexity index is 765. The Kier molecular flexibility index (Phi) is 4.28. The SMILES string of the molecule is Cc1ccc(S(=O)(=O)N=Cc2c(C)cc(C)cc2C)cc1. The number of sulfonamides is 1. The van der Waals surface area contributed by atoms with Crippen molar-refractivity contribution in [1.82, 2.24) is 0 Å². The zero-order valence-corrected chi connectivity index (χ0v) is 13.5. The van der Waals surface area contributed by atoms with Crippen LogP contribution in [0.25, 0.3) is 0 Å². The lowest BCUT2D eigenvalue weighted by atomic mass is 10.0. The molecule has 0 spiro atoms. The molecule has 0 aliphatic rings. The molecule has 21 heavy (non-hydrogen) atoms. The summed E-state index contributed by atoms with van der Waals surface area (Å²) in [6, 6.07) is 10.7. The van der Waals surface area contributed by atoms with E-state index in [9.17, 15) is 8.42 Å². The van der Waals surface area contributed by atoms with Crippen molar-refractivity contribution in [3.63, 3.8) is 0 Å². The van der Waals surface area contributed by atoms with Gasteiger partial charge >= 0.3 is 0 Å². The molecule has 4 heteroatoms. The van der Waals surface area contributed by atoms with Crippen LogP contribution in [0.2, 0.25) is 0 Å². The summed E-state index contributed by atoms with van der Waals surface area (Å²) in [7, 11) is -3.65. The van der Waals surface area contributed by atoms with E-state index < -0.39 is 10.0 Å². The first-order valence-corrected chi connectivity index (χ1v) is 8.18. The van der Waals surface area contributed by atoms with Crippen LogP contribution in [0.5, 0.6) is 0 Å². The van der Waals surface area contributed by atoms with Crippen LogP contribution in [0.3, 0.4) is 0 Å². The Morgan fingerprint density at radius 1 is 0.857 bits per heavy atom. The summed E-state index contributed by atoms with van der Waals surface area (Å²) in [6.07, 6.45) is 1.44. The zero-order chi connectivity index (χ0) is 15.6. The van der Waals surface area contributed by atoms with Crippen molar-refractivity contribution in [1.29, 1.82) is 0 Å². The van der Waals surface area contributed by atoms with Gasteiger partial charge in [0.05, 0.1) is 4.90 Å². The Labute approximate surface area is 126 Å². The van der Waals surface area contributed by atoms with Gasteiger partial charge in [0.1, 0.15) is 0 Å². The number of rotatable bonds is 3. The molecule has 0 unspecified atom stereocenters. The number of hydrogen-bond acceptors (Lipinski definition) is 2. The molecule has 2 aromatic carbocycles. The van der Waals surface area contributed by atoms with Gasteiger partial charge in [-0.2, -0.15) is 12.8 Å². The maximum atomic E-state index is 12.2. The zero-order valence-electron chi connectivity index (χ0n) is 12.7. The quantitative estimate of drug-likeness (QED) is 0.811. The van der Waals surface area contributed by atoms with Gasteiger partial charge in [-0.1, -0.05) is 35.4 Å². The summed E-state index contributed by atoms with van der Waals surface area (Å²) in [5, 5.41) is 0. The highest BCUT2D eigenvalue weighted by Crippen LogP contribution is 2.17. The summed E-state index contributed by atoms with van der Waals surface area (Å²) >= 11 is 0. The second-order valence-corrected chi connectivity index (χ2v) is 6.97. The Morgan fingerprint density at radius 2 is 1.38 bits per heavy atom. The van der Waals surface area contributed by atoms with Crippen LogP contribution in [0.1, 0.15) is 27.8 Å². The third-order valence-electron chi connectivity index (χ3n) is 3.38. The maximum Gasteiger partial charge on any atom is 0.282 e. The van der Waals surface area contributed by atoms with Crippen LogP contribution >= 0.6 is 0 Å². The van der Waals surface area contributed by atoms with Crippen molar-refractivity contribution < 1.29 is 8.42 Å². The predicted octanol–water partition coefficient (Wildman–Crippen LogP) is 3.73. The van der Waals surface area contributed by atoms with Crippen molar-refractivity contribution in [3.05, 3.63) is 64.2 Å². The van der Waals surface area contributed by atoms with E-state index in [1.807, 2.05) is 39.8 Å². The minimum Gasteiger partial charge on any atom is -0.199 e. The highest BCUT2D eigenvalue weighted by molar-refractivity contribution is 7.90. The smallest absolute Gasteiger partial charge is 0.199 e. The largest absolute Gasteiger partial charge is 0.282 e. The van der Waals surface area contributed by atoms with Gasteiger partial charge in [0.2, 0.25) is 0 Å². The summed E-state index contributed by atoms with van der Waals surface area (Å²) in [5.41, 5.74) is 5.08. The molecule has 3 nitrogen and oxygen atoms in total. The van der Waals surface area contributed by atoms with Gasteiger partial charge < -0.3 is 0 Å². The minimum absolute atomic E-state index is 0.215. The van der Waals surface area contributed by atoms with Gasteiger partial charge in [0.25, 0.3) is 10.0 Å². The lowest BCUT2D eigenvalue weighted by molar-refractivity contribution is 0.598. The Balaban J connectivity index is 2.39. The van der Waals surface area contributed by atoms with Crippen LogP contribution in [0.4, 0.5) is 0 Å². The molecule has 2 aromatic rings. The summed E-state index contributed by atoms with van der Waals surface area (Å²) in [6.45, 7) is 7.85. The van der Waals surface area contributed by atoms with Gasteiger partial charge in [0.15, 0.2) is 0 Å². The number of aryl methyl sites for hydroxylation is 4. The lowest BCUT2D eigenvalue weighted by Gasteiger charge is -2.06. The summed E-state index contributed by atoms with van der Waals surface area (Å²) in [5.74, 6) is 0. The first-order valence-electron chi connectivity index (χ1n) is 6.74. The minimum atomic E-state index is -3.65. The van der Waals surface area contributed by atoms with E-state index in [0.29, 0.717) is 0 Å². The monoisotopic (exact) mass is 301 g/mol. The Morgan fingerprint density at radius 3 is 1.90 bits per heavy atom. The molecule has 0 aromatic heterocycles. The van der Waals surface area contributed by atoms with Gasteiger partial charge in [-0.15, -0.1) is 0 Å². The van der Waals surface area contributed by atoms with Gasteiger partial charge in [0, 0.05) is 6.21 Å². The van der Waals surface area contributed by atoms with Crippen molar-refractivity contribution in [3.8, 4) is 0 Å². The van der Waals surface area contributed by atoms with Crippen LogP contribution < -0.4 is 0 Å². The van der Waals surface area contributed by atoms with E-state index in [1.165, 1.54) is 6.21 Å². The number of nitrogens with zero attached hydrogens (tertiary/aromatic N) is 1. The summed E-state index contributed by atoms with van der Waals surface area (Å²) < 4.78 is 28.2. The molecule has 0 aliphatic heterocycles. The van der Waals surface area contributed by atoms with Crippen LogP contribution in [-0.2, 0) is 10.0 Å². The Hall–Kier alpha value is -1.94. The molecule has 0 atom stereocenters. The predicted molar refractivity (Wildman–Crippen MR) is 86.6 cm³/mol. The average molecular weight is 301 g/mol. The van der Waals surface area contributed by atoms with E-state index in [4.69, 9.17) is 0 Å². The molecule has 0 saturated carbocycles. The fourth-order valence-corrected chi connectivity index (χ4v) is 3.13. The molecule has 0 N–H and O–H groups in total. The average Bonchev–Trinajstić information content (AvgIpc) is 2.37. The lowest BCUT2D eigenvalue weighted by Crippen LogP contribution is -2.00. The van der Waals surface area contributed by atoms with Crippen LogP contribution in [-0.4, -0.2) is 14.6 Å². The van der Waals surface area contributed by atoms with Crippen molar-refractivity contribution in [2.75, 3.05) is 0 Å². The third-order valence-corrected chi connectivity index (χ3v) is 4.63. The molecule has 0 bridgehead atoms. The third kappa shape index (κ3) is 3.58. The highest BCUT2D eigenvalue weighted by atomic mass is 32.2. The van der Waals surface area contributed by atoms with Crippen LogP contribution in [0, 0.1) is 27.7 Å². The molecule has 0 radical (unpaired) electrons. The molecule has 0 aliphatic carbocycles. The van der Waals surface area contributed by atoms with Gasteiger partial charge in [-0.05, 0) is 56.5 Å². The normalized spacial score (nSPS) is 12.0. The fourth-order valence-electron chi connectivity index (χ4n) is 2.29. The number of hydrogen-bond donors (Lipinski definition) is 0. The van der Waals surface area contributed by atoms with Gasteiger partial charge in [-0.25, -0.2) is 0 Å². The first-order chi connectivity index (χ1) is 9.79. The van der Waals surface area contributed by atoms with E-state index in [-0.39, 0.29) is 4.90 Å². The van der Waals surface area contributed by atoms with Crippen molar-refractivity contribution in [2.24, 2.45) is 4.40 Å². The van der Waals surface area contributed by atoms with E-state index >= 15 is 0 Å². The summed E-state index contributed by atoms with van der Waals surface area (Å²) in [4.78, 5) is 0.215. The molecule has 0 fully saturated rings. The molecule has 110 valence electrons. The van der Waals surface area contributed by atoms with Crippen molar-refractivity contribution in [2.45, 2.75) is 32.6 Å². The maximum absolute atomic E-state index is 12.2. The molecule has 0 amide bonds. The van der Waals surface area contributed by atoms with E-state index in [1.54, 1.807) is 24.3 Å². The second kappa shape index (κ2) is 5.82. The van der Waals surface area contributed by atoms with E-state index in [2.05, 4.69) is 4.40 Å². The van der Waals surface area contributed by atoms with Crippen LogP contribution in [0.15, 0.2) is 45.7 Å². The molecule has 2 rings (SSSR count). The fraction of sp³-hybridized carbons (Fsp3) is 0.235.